The summed E-state index contributed by atoms with van der Waals surface area (Å²) >= 11 is 0. The fourth-order valence-electron chi connectivity index (χ4n) is 2.16. The average Bonchev–Trinajstić information content (AvgIpc) is 2.98. The summed E-state index contributed by atoms with van der Waals surface area (Å²) < 4.78 is 20.3. The number of furan rings is 1. The zero-order valence-corrected chi connectivity index (χ0v) is 9.84. The Morgan fingerprint density at radius 3 is 2.95 bits per heavy atom. The third-order valence-corrected chi connectivity index (χ3v) is 3.04. The molecule has 0 aliphatic rings. The number of carbonyl (C=O) groups is 1. The minimum atomic E-state index is -1.11. The highest BCUT2D eigenvalue weighted by atomic mass is 19.1. The molecule has 1 aromatic carbocycles. The topological polar surface area (TPSA) is 55.4 Å². The van der Waals surface area contributed by atoms with E-state index in [9.17, 15) is 9.18 Å². The van der Waals surface area contributed by atoms with E-state index >= 15 is 0 Å². The molecule has 0 fully saturated rings. The number of nitrogens with zero attached hydrogens (tertiary/aromatic N) is 1. The number of aromatic nitrogens is 1. The molecule has 3 aromatic rings. The molecule has 0 atom stereocenters. The summed E-state index contributed by atoms with van der Waals surface area (Å²) in [6, 6.07) is 8.09. The minimum Gasteiger partial charge on any atom is -0.475 e. The van der Waals surface area contributed by atoms with Crippen LogP contribution in [0.15, 0.2) is 47.2 Å². The Hall–Kier alpha value is -2.56. The molecule has 5 heteroatoms. The molecular weight excluding hydrogens is 249 g/mol. The van der Waals surface area contributed by atoms with E-state index in [0.29, 0.717) is 17.5 Å². The first kappa shape index (κ1) is 11.5. The van der Waals surface area contributed by atoms with Gasteiger partial charge in [-0.1, -0.05) is 6.07 Å². The number of carboxylic acid groups (broad SMARTS) is 1. The molecule has 0 unspecified atom stereocenters. The molecule has 0 saturated carbocycles. The van der Waals surface area contributed by atoms with Gasteiger partial charge in [0.2, 0.25) is 5.76 Å². The third-order valence-electron chi connectivity index (χ3n) is 3.04. The van der Waals surface area contributed by atoms with Crippen molar-refractivity contribution in [3.8, 4) is 0 Å². The highest BCUT2D eigenvalue weighted by Crippen LogP contribution is 2.21. The number of carboxylic acids is 1. The maximum atomic E-state index is 13.6. The van der Waals surface area contributed by atoms with E-state index in [0.717, 1.165) is 5.52 Å². The molecule has 0 saturated heterocycles. The van der Waals surface area contributed by atoms with Crippen molar-refractivity contribution in [2.75, 3.05) is 0 Å². The van der Waals surface area contributed by atoms with Crippen molar-refractivity contribution in [2.45, 2.75) is 6.54 Å². The molecule has 0 spiro atoms. The summed E-state index contributed by atoms with van der Waals surface area (Å²) in [4.78, 5) is 11.0. The van der Waals surface area contributed by atoms with Gasteiger partial charge in [-0.15, -0.1) is 0 Å². The summed E-state index contributed by atoms with van der Waals surface area (Å²) in [5.74, 6) is -1.48. The van der Waals surface area contributed by atoms with Crippen LogP contribution in [-0.4, -0.2) is 15.6 Å². The van der Waals surface area contributed by atoms with Crippen molar-refractivity contribution in [3.05, 3.63) is 59.9 Å². The molecule has 0 aliphatic heterocycles. The van der Waals surface area contributed by atoms with Crippen LogP contribution in [0.4, 0.5) is 4.39 Å². The average molecular weight is 259 g/mol. The molecule has 96 valence electrons. The van der Waals surface area contributed by atoms with Gasteiger partial charge in [0.25, 0.3) is 0 Å². The summed E-state index contributed by atoms with van der Waals surface area (Å²) in [7, 11) is 0. The maximum absolute atomic E-state index is 13.6. The minimum absolute atomic E-state index is 0.0850. The summed E-state index contributed by atoms with van der Waals surface area (Å²) in [5, 5.41) is 9.49. The summed E-state index contributed by atoms with van der Waals surface area (Å²) in [5.41, 5.74) is 1.27. The van der Waals surface area contributed by atoms with Gasteiger partial charge in [0.05, 0.1) is 18.3 Å². The van der Waals surface area contributed by atoms with Gasteiger partial charge in [0, 0.05) is 17.1 Å². The van der Waals surface area contributed by atoms with Gasteiger partial charge in [0.1, 0.15) is 5.82 Å². The maximum Gasteiger partial charge on any atom is 0.372 e. The van der Waals surface area contributed by atoms with E-state index in [4.69, 9.17) is 9.52 Å². The predicted octanol–water partition coefficient (Wildman–Crippen LogP) is 3.12. The number of aromatic carboxylic acids is 1. The van der Waals surface area contributed by atoms with Crippen LogP contribution < -0.4 is 0 Å². The van der Waals surface area contributed by atoms with Crippen molar-refractivity contribution in [1.29, 1.82) is 0 Å². The largest absolute Gasteiger partial charge is 0.475 e. The second kappa shape index (κ2) is 4.28. The quantitative estimate of drug-likeness (QED) is 0.786. The van der Waals surface area contributed by atoms with Crippen molar-refractivity contribution in [1.82, 2.24) is 4.57 Å². The monoisotopic (exact) mass is 259 g/mol. The Kier molecular flexibility index (Phi) is 2.59. The Bertz CT molecular complexity index is 757. The fourth-order valence-corrected chi connectivity index (χ4v) is 2.16. The molecule has 0 bridgehead atoms. The molecule has 2 aromatic heterocycles. The predicted molar refractivity (Wildman–Crippen MR) is 66.7 cm³/mol. The first-order valence-electron chi connectivity index (χ1n) is 5.70. The number of hydrogen-bond donors (Lipinski definition) is 1. The SMILES string of the molecule is O=C(O)c1occc1Cn1ccc2c(F)cccc21. The highest BCUT2D eigenvalue weighted by molar-refractivity contribution is 5.86. The Labute approximate surface area is 107 Å². The lowest BCUT2D eigenvalue weighted by molar-refractivity contribution is 0.0660. The fraction of sp³-hybridized carbons (Fsp3) is 0.0714. The van der Waals surface area contributed by atoms with Crippen LogP contribution in [0.5, 0.6) is 0 Å². The van der Waals surface area contributed by atoms with E-state index < -0.39 is 5.97 Å². The molecular formula is C14H10FNO3. The standard InChI is InChI=1S/C14H10FNO3/c15-11-2-1-3-12-10(11)4-6-16(12)8-9-5-7-19-13(9)14(17)18/h1-7H,8H2,(H,17,18). The van der Waals surface area contributed by atoms with E-state index in [1.54, 1.807) is 35.0 Å². The van der Waals surface area contributed by atoms with E-state index in [1.807, 2.05) is 0 Å². The lowest BCUT2D eigenvalue weighted by Gasteiger charge is -2.04. The van der Waals surface area contributed by atoms with Gasteiger partial charge in [-0.05, 0) is 24.3 Å². The zero-order valence-electron chi connectivity index (χ0n) is 9.84. The third kappa shape index (κ3) is 1.89. The second-order valence-electron chi connectivity index (χ2n) is 4.20. The summed E-state index contributed by atoms with van der Waals surface area (Å²) in [6.45, 7) is 0.324. The Balaban J connectivity index is 2.04. The van der Waals surface area contributed by atoms with Crippen molar-refractivity contribution < 1.29 is 18.7 Å². The highest BCUT2D eigenvalue weighted by Gasteiger charge is 2.15. The lowest BCUT2D eigenvalue weighted by atomic mass is 10.2. The van der Waals surface area contributed by atoms with Crippen molar-refractivity contribution in [3.63, 3.8) is 0 Å². The smallest absolute Gasteiger partial charge is 0.372 e. The van der Waals surface area contributed by atoms with Crippen LogP contribution in [0.1, 0.15) is 16.1 Å². The number of rotatable bonds is 3. The van der Waals surface area contributed by atoms with E-state index in [2.05, 4.69) is 0 Å². The zero-order chi connectivity index (χ0) is 13.4. The van der Waals surface area contributed by atoms with Crippen LogP contribution in [0.2, 0.25) is 0 Å². The lowest BCUT2D eigenvalue weighted by Crippen LogP contribution is -2.03. The number of fused-ring (bicyclic) bond motifs is 1. The molecule has 0 amide bonds. The van der Waals surface area contributed by atoms with Crippen LogP contribution in [0.3, 0.4) is 0 Å². The summed E-state index contributed by atoms with van der Waals surface area (Å²) in [6.07, 6.45) is 3.07. The van der Waals surface area contributed by atoms with Crippen molar-refractivity contribution >= 4 is 16.9 Å². The normalized spacial score (nSPS) is 11.0. The molecule has 0 radical (unpaired) electrons. The first-order chi connectivity index (χ1) is 9.16. The molecule has 19 heavy (non-hydrogen) atoms. The Morgan fingerprint density at radius 2 is 2.16 bits per heavy atom. The Morgan fingerprint density at radius 1 is 1.32 bits per heavy atom. The van der Waals surface area contributed by atoms with Gasteiger partial charge in [0.15, 0.2) is 0 Å². The molecule has 2 heterocycles. The number of halogens is 1. The molecule has 1 N–H and O–H groups in total. The van der Waals surface area contributed by atoms with Crippen LogP contribution in [0, 0.1) is 5.82 Å². The van der Waals surface area contributed by atoms with Gasteiger partial charge in [-0.2, -0.15) is 0 Å². The molecule has 0 aliphatic carbocycles. The van der Waals surface area contributed by atoms with E-state index in [-0.39, 0.29) is 11.6 Å². The second-order valence-corrected chi connectivity index (χ2v) is 4.20. The van der Waals surface area contributed by atoms with Gasteiger partial charge in [-0.3, -0.25) is 0 Å². The van der Waals surface area contributed by atoms with Crippen molar-refractivity contribution in [2.24, 2.45) is 0 Å². The van der Waals surface area contributed by atoms with Gasteiger partial charge < -0.3 is 14.1 Å². The van der Waals surface area contributed by atoms with Crippen LogP contribution in [-0.2, 0) is 6.54 Å². The van der Waals surface area contributed by atoms with Crippen LogP contribution >= 0.6 is 0 Å². The van der Waals surface area contributed by atoms with Crippen LogP contribution in [0.25, 0.3) is 10.9 Å². The van der Waals surface area contributed by atoms with Gasteiger partial charge >= 0.3 is 5.97 Å². The number of hydrogen-bond acceptors (Lipinski definition) is 2. The van der Waals surface area contributed by atoms with Gasteiger partial charge in [-0.25, -0.2) is 9.18 Å². The molecule has 4 nitrogen and oxygen atoms in total. The van der Waals surface area contributed by atoms with E-state index in [1.165, 1.54) is 12.3 Å². The first-order valence-corrected chi connectivity index (χ1v) is 5.70. The molecule has 3 rings (SSSR count). The number of benzene rings is 1.